The molecule has 0 aliphatic carbocycles. The fourth-order valence-electron chi connectivity index (χ4n) is 3.04. The first kappa shape index (κ1) is 22.9. The molecule has 1 aliphatic heterocycles. The monoisotopic (exact) mass is 508 g/mol. The van der Waals surface area contributed by atoms with Gasteiger partial charge in [0.1, 0.15) is 11.5 Å². The number of rotatable bonds is 8. The first-order chi connectivity index (χ1) is 13.7. The van der Waals surface area contributed by atoms with Crippen LogP contribution in [0, 0.1) is 0 Å². The highest BCUT2D eigenvalue weighted by Crippen LogP contribution is 2.29. The second kappa shape index (κ2) is 11.5. The van der Waals surface area contributed by atoms with E-state index in [0.29, 0.717) is 31.5 Å². The van der Waals surface area contributed by atoms with Gasteiger partial charge in [-0.15, -0.1) is 24.0 Å². The lowest BCUT2D eigenvalue weighted by Crippen LogP contribution is -2.23. The van der Waals surface area contributed by atoms with Crippen molar-refractivity contribution in [1.29, 1.82) is 0 Å². The Morgan fingerprint density at radius 3 is 2.55 bits per heavy atom. The van der Waals surface area contributed by atoms with Gasteiger partial charge in [-0.3, -0.25) is 0 Å². The van der Waals surface area contributed by atoms with E-state index in [-0.39, 0.29) is 24.0 Å². The molecule has 1 heterocycles. The molecule has 0 radical (unpaired) electrons. The number of halogens is 1. The Labute approximate surface area is 189 Å². The number of benzene rings is 2. The van der Waals surface area contributed by atoms with Crippen molar-refractivity contribution < 1.29 is 9.47 Å². The van der Waals surface area contributed by atoms with Gasteiger partial charge in [-0.2, -0.15) is 0 Å². The molecule has 156 valence electrons. The molecule has 2 aromatic rings. The van der Waals surface area contributed by atoms with Crippen molar-refractivity contribution in [3.05, 3.63) is 60.2 Å². The second-order valence-corrected chi connectivity index (χ2v) is 6.40. The van der Waals surface area contributed by atoms with Crippen molar-refractivity contribution in [2.45, 2.75) is 20.4 Å². The third kappa shape index (κ3) is 6.56. The molecule has 0 amide bonds. The van der Waals surface area contributed by atoms with Crippen molar-refractivity contribution in [3.8, 4) is 11.5 Å². The summed E-state index contributed by atoms with van der Waals surface area (Å²) >= 11 is 0. The molecular weight excluding hydrogens is 479 g/mol. The summed E-state index contributed by atoms with van der Waals surface area (Å²) in [7, 11) is 0. The maximum Gasteiger partial charge on any atom is 0.193 e. The van der Waals surface area contributed by atoms with Crippen molar-refractivity contribution in [1.82, 2.24) is 0 Å². The van der Waals surface area contributed by atoms with E-state index in [1.54, 1.807) is 0 Å². The Balaban J connectivity index is 0.00000300. The highest BCUT2D eigenvalue weighted by Gasteiger charge is 2.09. The Hall–Kier alpha value is -2.42. The van der Waals surface area contributed by atoms with Gasteiger partial charge in [-0.05, 0) is 43.7 Å². The van der Waals surface area contributed by atoms with Crippen LogP contribution in [0.25, 0.3) is 0 Å². The predicted molar refractivity (Wildman–Crippen MR) is 131 cm³/mol. The first-order valence-electron chi connectivity index (χ1n) is 9.65. The summed E-state index contributed by atoms with van der Waals surface area (Å²) < 4.78 is 11.2. The SMILES string of the molecule is CCOc1ccc(OCC)c(NC(N)=NCc2cccc(N3CC=CC3)c2)c1.I. The normalized spacial score (nSPS) is 13.2. The van der Waals surface area contributed by atoms with Crippen molar-refractivity contribution in [2.24, 2.45) is 10.7 Å². The van der Waals surface area contributed by atoms with Crippen LogP contribution in [0.15, 0.2) is 59.6 Å². The lowest BCUT2D eigenvalue weighted by Gasteiger charge is -2.18. The molecule has 0 bridgehead atoms. The molecule has 2 aromatic carbocycles. The van der Waals surface area contributed by atoms with Gasteiger partial charge in [0.15, 0.2) is 5.96 Å². The molecule has 0 fully saturated rings. The fraction of sp³-hybridized carbons (Fsp3) is 0.318. The largest absolute Gasteiger partial charge is 0.494 e. The lowest BCUT2D eigenvalue weighted by molar-refractivity contribution is 0.332. The summed E-state index contributed by atoms with van der Waals surface area (Å²) in [5.41, 5.74) is 9.18. The van der Waals surface area contributed by atoms with Crippen LogP contribution >= 0.6 is 24.0 Å². The van der Waals surface area contributed by atoms with E-state index in [1.807, 2.05) is 32.0 Å². The van der Waals surface area contributed by atoms with E-state index in [0.717, 1.165) is 30.1 Å². The van der Waals surface area contributed by atoms with Crippen LogP contribution in [-0.2, 0) is 6.54 Å². The van der Waals surface area contributed by atoms with Crippen LogP contribution in [0.1, 0.15) is 19.4 Å². The zero-order valence-corrected chi connectivity index (χ0v) is 19.3. The maximum atomic E-state index is 6.12. The smallest absolute Gasteiger partial charge is 0.193 e. The lowest BCUT2D eigenvalue weighted by atomic mass is 10.2. The topological polar surface area (TPSA) is 72.1 Å². The predicted octanol–water partition coefficient (Wildman–Crippen LogP) is 4.41. The number of nitrogens with two attached hydrogens (primary N) is 1. The number of guanidine groups is 1. The quantitative estimate of drug-likeness (QED) is 0.239. The number of anilines is 2. The molecule has 0 unspecified atom stereocenters. The van der Waals surface area contributed by atoms with E-state index in [4.69, 9.17) is 15.2 Å². The Morgan fingerprint density at radius 2 is 1.83 bits per heavy atom. The summed E-state index contributed by atoms with van der Waals surface area (Å²) in [4.78, 5) is 6.80. The molecule has 3 N–H and O–H groups in total. The average Bonchev–Trinajstić information content (AvgIpc) is 3.24. The van der Waals surface area contributed by atoms with Gasteiger partial charge in [-0.1, -0.05) is 24.3 Å². The van der Waals surface area contributed by atoms with Gasteiger partial charge in [-0.25, -0.2) is 4.99 Å². The fourth-order valence-corrected chi connectivity index (χ4v) is 3.04. The third-order valence-electron chi connectivity index (χ3n) is 4.35. The van der Waals surface area contributed by atoms with Crippen LogP contribution in [0.2, 0.25) is 0 Å². The summed E-state index contributed by atoms with van der Waals surface area (Å²) in [6, 6.07) is 14.0. The van der Waals surface area contributed by atoms with Gasteiger partial charge in [0.25, 0.3) is 0 Å². The molecule has 0 saturated carbocycles. The molecule has 0 aromatic heterocycles. The number of aliphatic imine (C=N–C) groups is 1. The van der Waals surface area contributed by atoms with E-state index >= 15 is 0 Å². The van der Waals surface area contributed by atoms with Gasteiger partial charge < -0.3 is 25.4 Å². The molecule has 0 spiro atoms. The highest BCUT2D eigenvalue weighted by molar-refractivity contribution is 14.0. The van der Waals surface area contributed by atoms with Gasteiger partial charge in [0.05, 0.1) is 25.4 Å². The van der Waals surface area contributed by atoms with Crippen LogP contribution in [0.5, 0.6) is 11.5 Å². The maximum absolute atomic E-state index is 6.12. The molecule has 1 aliphatic rings. The highest BCUT2D eigenvalue weighted by atomic mass is 127. The molecule has 6 nitrogen and oxygen atoms in total. The summed E-state index contributed by atoms with van der Waals surface area (Å²) in [5.74, 6) is 1.81. The van der Waals surface area contributed by atoms with E-state index in [9.17, 15) is 0 Å². The summed E-state index contributed by atoms with van der Waals surface area (Å²) in [6.07, 6.45) is 4.36. The Kier molecular flexibility index (Phi) is 9.11. The minimum atomic E-state index is 0. The van der Waals surface area contributed by atoms with Crippen molar-refractivity contribution >= 4 is 41.3 Å². The number of hydrogen-bond donors (Lipinski definition) is 2. The van der Waals surface area contributed by atoms with Crippen molar-refractivity contribution in [2.75, 3.05) is 36.5 Å². The van der Waals surface area contributed by atoms with Crippen LogP contribution in [0.4, 0.5) is 11.4 Å². The second-order valence-electron chi connectivity index (χ2n) is 6.40. The minimum absolute atomic E-state index is 0. The molecule has 0 saturated heterocycles. The number of hydrogen-bond acceptors (Lipinski definition) is 4. The van der Waals surface area contributed by atoms with Gasteiger partial charge in [0.2, 0.25) is 0 Å². The van der Waals surface area contributed by atoms with E-state index in [1.165, 1.54) is 5.69 Å². The molecule has 7 heteroatoms. The molecule has 0 atom stereocenters. The van der Waals surface area contributed by atoms with Crippen LogP contribution < -0.4 is 25.4 Å². The summed E-state index contributed by atoms with van der Waals surface area (Å²) in [5, 5.41) is 3.14. The van der Waals surface area contributed by atoms with Crippen LogP contribution in [-0.4, -0.2) is 32.3 Å². The molecule has 29 heavy (non-hydrogen) atoms. The van der Waals surface area contributed by atoms with E-state index < -0.39 is 0 Å². The number of ether oxygens (including phenoxy) is 2. The third-order valence-corrected chi connectivity index (χ3v) is 4.35. The average molecular weight is 508 g/mol. The number of nitrogens with zero attached hydrogens (tertiary/aromatic N) is 2. The molecular formula is C22H29IN4O2. The standard InChI is InChI=1S/C22H28N4O2.HI/c1-3-27-19-10-11-21(28-4-2)20(15-19)25-22(23)24-16-17-8-7-9-18(14-17)26-12-5-6-13-26;/h5-11,14-15H,3-4,12-13,16H2,1-2H3,(H3,23,24,25);1H. The van der Waals surface area contributed by atoms with Crippen molar-refractivity contribution in [3.63, 3.8) is 0 Å². The first-order valence-corrected chi connectivity index (χ1v) is 9.65. The minimum Gasteiger partial charge on any atom is -0.494 e. The Bertz CT molecular complexity index is 846. The van der Waals surface area contributed by atoms with Gasteiger partial charge in [0, 0.05) is 24.8 Å². The molecule has 3 rings (SSSR count). The van der Waals surface area contributed by atoms with E-state index in [2.05, 4.69) is 51.6 Å². The Morgan fingerprint density at radius 1 is 1.07 bits per heavy atom. The zero-order chi connectivity index (χ0) is 19.8. The summed E-state index contributed by atoms with van der Waals surface area (Å²) in [6.45, 7) is 7.46. The zero-order valence-electron chi connectivity index (χ0n) is 16.9. The van der Waals surface area contributed by atoms with Crippen LogP contribution in [0.3, 0.4) is 0 Å². The van der Waals surface area contributed by atoms with Gasteiger partial charge >= 0.3 is 0 Å². The number of nitrogens with one attached hydrogen (secondary N) is 1.